The number of hydrogen-bond donors (Lipinski definition) is 1. The molecule has 0 bridgehead atoms. The van der Waals surface area contributed by atoms with Crippen molar-refractivity contribution in [1.82, 2.24) is 9.29 Å². The second kappa shape index (κ2) is 4.79. The van der Waals surface area contributed by atoms with Crippen molar-refractivity contribution in [3.8, 4) is 0 Å². The zero-order chi connectivity index (χ0) is 13.5. The smallest absolute Gasteiger partial charge is 0.305 e. The molecule has 2 atom stereocenters. The van der Waals surface area contributed by atoms with E-state index in [1.54, 1.807) is 6.92 Å². The van der Waals surface area contributed by atoms with Gasteiger partial charge in [0.25, 0.3) is 10.0 Å². The number of aromatic nitrogens is 1. The van der Waals surface area contributed by atoms with E-state index in [0.29, 0.717) is 18.2 Å². The maximum atomic E-state index is 12.6. The monoisotopic (exact) mass is 290 g/mol. The van der Waals surface area contributed by atoms with Gasteiger partial charge in [-0.1, -0.05) is 18.3 Å². The van der Waals surface area contributed by atoms with Crippen LogP contribution in [0.25, 0.3) is 0 Å². The Bertz CT molecular complexity index is 588. The molecule has 1 aliphatic heterocycles. The molecule has 1 fully saturated rings. The number of nitrogens with zero attached hydrogens (tertiary/aromatic N) is 1. The first kappa shape index (κ1) is 13.8. The number of aromatic amines is 1. The number of H-pyrrole nitrogens is 1. The van der Waals surface area contributed by atoms with Crippen LogP contribution in [-0.4, -0.2) is 30.3 Å². The highest BCUT2D eigenvalue weighted by atomic mass is 32.2. The highest BCUT2D eigenvalue weighted by molar-refractivity contribution is 7.91. The average molecular weight is 290 g/mol. The molecule has 2 unspecified atom stereocenters. The van der Waals surface area contributed by atoms with Gasteiger partial charge in [0.15, 0.2) is 4.21 Å². The Balaban J connectivity index is 2.42. The van der Waals surface area contributed by atoms with Gasteiger partial charge in [-0.3, -0.25) is 4.79 Å². The molecular weight excluding hydrogens is 272 g/mol. The van der Waals surface area contributed by atoms with E-state index in [1.807, 2.05) is 6.92 Å². The lowest BCUT2D eigenvalue weighted by atomic mass is 9.94. The minimum Gasteiger partial charge on any atom is -0.315 e. The summed E-state index contributed by atoms with van der Waals surface area (Å²) < 4.78 is 26.8. The second-order valence-corrected chi connectivity index (χ2v) is 7.97. The molecular formula is C11H18N2O3S2. The lowest BCUT2D eigenvalue weighted by Gasteiger charge is -2.36. The van der Waals surface area contributed by atoms with E-state index < -0.39 is 10.0 Å². The van der Waals surface area contributed by atoms with Crippen molar-refractivity contribution in [3.05, 3.63) is 15.4 Å². The molecule has 18 heavy (non-hydrogen) atoms. The Kier molecular flexibility index (Phi) is 3.66. The van der Waals surface area contributed by atoms with Gasteiger partial charge in [-0.05, 0) is 32.6 Å². The van der Waals surface area contributed by atoms with Crippen LogP contribution in [0.4, 0.5) is 0 Å². The van der Waals surface area contributed by atoms with Crippen molar-refractivity contribution >= 4 is 21.4 Å². The Hall–Kier alpha value is -0.660. The third-order valence-corrected chi connectivity index (χ3v) is 7.21. The van der Waals surface area contributed by atoms with Crippen molar-refractivity contribution in [3.63, 3.8) is 0 Å². The van der Waals surface area contributed by atoms with E-state index in [4.69, 9.17) is 0 Å². The first-order valence-corrected chi connectivity index (χ1v) is 8.31. The summed E-state index contributed by atoms with van der Waals surface area (Å²) in [6.07, 6.45) is 1.93. The zero-order valence-corrected chi connectivity index (χ0v) is 12.4. The third-order valence-electron chi connectivity index (χ3n) is 3.64. The normalized spacial score (nSPS) is 26.4. The fourth-order valence-corrected chi connectivity index (χ4v) is 5.56. The van der Waals surface area contributed by atoms with Crippen LogP contribution in [0.1, 0.15) is 32.4 Å². The van der Waals surface area contributed by atoms with Gasteiger partial charge < -0.3 is 4.98 Å². The molecule has 102 valence electrons. The van der Waals surface area contributed by atoms with E-state index in [-0.39, 0.29) is 15.1 Å². The van der Waals surface area contributed by atoms with Crippen LogP contribution in [0.15, 0.2) is 9.00 Å². The Morgan fingerprint density at radius 1 is 1.39 bits per heavy atom. The lowest BCUT2D eigenvalue weighted by Crippen LogP contribution is -2.45. The van der Waals surface area contributed by atoms with Crippen LogP contribution in [0.2, 0.25) is 0 Å². The van der Waals surface area contributed by atoms with Crippen molar-refractivity contribution in [2.75, 3.05) is 6.54 Å². The molecule has 2 heterocycles. The first-order chi connectivity index (χ1) is 8.34. The standard InChI is InChI=1S/C11H18N2O3S2/c1-7-5-4-6-13(9(7)3)18(15,16)10-8(2)12-11(14)17-10/h7,9H,4-6H2,1-3H3,(H,12,14). The minimum absolute atomic E-state index is 0.0136. The van der Waals surface area contributed by atoms with E-state index in [2.05, 4.69) is 11.9 Å². The molecule has 1 aromatic rings. The summed E-state index contributed by atoms with van der Waals surface area (Å²) in [4.78, 5) is 13.5. The van der Waals surface area contributed by atoms with Gasteiger partial charge in [0, 0.05) is 18.3 Å². The topological polar surface area (TPSA) is 70.2 Å². The van der Waals surface area contributed by atoms with Gasteiger partial charge in [0.05, 0.1) is 0 Å². The average Bonchev–Trinajstić information content (AvgIpc) is 2.62. The molecule has 5 nitrogen and oxygen atoms in total. The molecule has 1 N–H and O–H groups in total. The molecule has 2 rings (SSSR count). The molecule has 0 aliphatic carbocycles. The first-order valence-electron chi connectivity index (χ1n) is 6.05. The van der Waals surface area contributed by atoms with Crippen LogP contribution >= 0.6 is 11.3 Å². The molecule has 1 aliphatic rings. The number of aryl methyl sites for hydroxylation is 1. The van der Waals surface area contributed by atoms with Crippen LogP contribution in [0, 0.1) is 12.8 Å². The van der Waals surface area contributed by atoms with Crippen LogP contribution in [0.3, 0.4) is 0 Å². The second-order valence-electron chi connectivity index (χ2n) is 4.90. The van der Waals surface area contributed by atoms with E-state index >= 15 is 0 Å². The Morgan fingerprint density at radius 2 is 2.06 bits per heavy atom. The summed E-state index contributed by atoms with van der Waals surface area (Å²) in [5.74, 6) is 0.351. The van der Waals surface area contributed by atoms with Gasteiger partial charge in [-0.2, -0.15) is 4.31 Å². The molecule has 0 amide bonds. The molecule has 7 heteroatoms. The van der Waals surface area contributed by atoms with E-state index in [9.17, 15) is 13.2 Å². The molecule has 0 saturated carbocycles. The maximum absolute atomic E-state index is 12.6. The van der Waals surface area contributed by atoms with Gasteiger partial charge in [0.2, 0.25) is 0 Å². The van der Waals surface area contributed by atoms with Gasteiger partial charge in [-0.25, -0.2) is 8.42 Å². The number of hydrogen-bond acceptors (Lipinski definition) is 4. The summed E-state index contributed by atoms with van der Waals surface area (Å²) in [5, 5.41) is 0. The quantitative estimate of drug-likeness (QED) is 0.898. The zero-order valence-electron chi connectivity index (χ0n) is 10.8. The highest BCUT2D eigenvalue weighted by Gasteiger charge is 2.36. The number of nitrogens with one attached hydrogen (secondary N) is 1. The summed E-state index contributed by atoms with van der Waals surface area (Å²) in [5.41, 5.74) is 0.440. The van der Waals surface area contributed by atoms with Crippen LogP contribution in [0.5, 0.6) is 0 Å². The van der Waals surface area contributed by atoms with Crippen LogP contribution in [-0.2, 0) is 10.0 Å². The van der Waals surface area contributed by atoms with Crippen molar-refractivity contribution in [2.45, 2.75) is 43.9 Å². The summed E-state index contributed by atoms with van der Waals surface area (Å²) in [6, 6.07) is -0.0136. The SMILES string of the molecule is Cc1[nH]c(=O)sc1S(=O)(=O)N1CCCC(C)C1C. The number of piperidine rings is 1. The van der Waals surface area contributed by atoms with Crippen molar-refractivity contribution in [2.24, 2.45) is 5.92 Å². The number of thiazole rings is 1. The molecule has 0 aromatic carbocycles. The summed E-state index contributed by atoms with van der Waals surface area (Å²) >= 11 is 0.777. The molecule has 0 spiro atoms. The Labute approximate surface area is 111 Å². The van der Waals surface area contributed by atoms with E-state index in [1.165, 1.54) is 4.31 Å². The molecule has 1 aromatic heterocycles. The Morgan fingerprint density at radius 3 is 2.61 bits per heavy atom. The highest BCUT2D eigenvalue weighted by Crippen LogP contribution is 2.30. The number of sulfonamides is 1. The molecule has 0 radical (unpaired) electrons. The van der Waals surface area contributed by atoms with Gasteiger partial charge >= 0.3 is 4.87 Å². The predicted octanol–water partition coefficient (Wildman–Crippen LogP) is 1.55. The van der Waals surface area contributed by atoms with E-state index in [0.717, 1.165) is 24.2 Å². The summed E-state index contributed by atoms with van der Waals surface area (Å²) in [7, 11) is -3.53. The fourth-order valence-electron chi connectivity index (χ4n) is 2.38. The summed E-state index contributed by atoms with van der Waals surface area (Å²) in [6.45, 7) is 6.17. The van der Waals surface area contributed by atoms with Crippen molar-refractivity contribution in [1.29, 1.82) is 0 Å². The fraction of sp³-hybridized carbons (Fsp3) is 0.727. The maximum Gasteiger partial charge on any atom is 0.305 e. The van der Waals surface area contributed by atoms with Gasteiger partial charge in [0.1, 0.15) is 0 Å². The predicted molar refractivity (Wildman–Crippen MR) is 71.4 cm³/mol. The van der Waals surface area contributed by atoms with Gasteiger partial charge in [-0.15, -0.1) is 0 Å². The third kappa shape index (κ3) is 2.26. The largest absolute Gasteiger partial charge is 0.315 e. The van der Waals surface area contributed by atoms with Crippen LogP contribution < -0.4 is 4.87 Å². The number of rotatable bonds is 2. The van der Waals surface area contributed by atoms with Crippen molar-refractivity contribution < 1.29 is 8.42 Å². The lowest BCUT2D eigenvalue weighted by molar-refractivity contribution is 0.202. The molecule has 1 saturated heterocycles. The minimum atomic E-state index is -3.53.